The predicted molar refractivity (Wildman–Crippen MR) is 102 cm³/mol. The Morgan fingerprint density at radius 2 is 1.85 bits per heavy atom. The average molecular weight is 374 g/mol. The van der Waals surface area contributed by atoms with Gasteiger partial charge < -0.3 is 10.1 Å². The summed E-state index contributed by atoms with van der Waals surface area (Å²) < 4.78 is 31.9. The molecule has 26 heavy (non-hydrogen) atoms. The van der Waals surface area contributed by atoms with Crippen LogP contribution < -0.4 is 14.4 Å². The Hall–Kier alpha value is -2.54. The molecule has 0 aliphatic carbocycles. The Bertz CT molecular complexity index is 894. The van der Waals surface area contributed by atoms with Crippen LogP contribution in [0.25, 0.3) is 0 Å². The van der Waals surface area contributed by atoms with Crippen LogP contribution in [0.15, 0.2) is 48.5 Å². The number of nitrogens with zero attached hydrogens (tertiary/aromatic N) is 1. The number of para-hydroxylation sites is 2. The molecule has 138 valence electrons. The molecule has 1 aliphatic heterocycles. The summed E-state index contributed by atoms with van der Waals surface area (Å²) in [4.78, 5) is 12.6. The van der Waals surface area contributed by atoms with Crippen LogP contribution in [0.2, 0.25) is 0 Å². The molecule has 0 aromatic heterocycles. The Labute approximate surface area is 153 Å². The highest BCUT2D eigenvalue weighted by molar-refractivity contribution is 7.92. The van der Waals surface area contributed by atoms with Gasteiger partial charge in [-0.05, 0) is 43.2 Å². The summed E-state index contributed by atoms with van der Waals surface area (Å²) in [5, 5.41) is 2.80. The number of hydrogen-bond donors (Lipinski definition) is 1. The second kappa shape index (κ2) is 7.37. The van der Waals surface area contributed by atoms with Crippen LogP contribution in [0, 0.1) is 0 Å². The molecule has 0 radical (unpaired) electrons. The van der Waals surface area contributed by atoms with Crippen molar-refractivity contribution in [3.05, 3.63) is 54.1 Å². The van der Waals surface area contributed by atoms with Gasteiger partial charge in [0.15, 0.2) is 6.10 Å². The number of rotatable bonds is 5. The average Bonchev–Trinajstić information content (AvgIpc) is 2.67. The van der Waals surface area contributed by atoms with E-state index in [0.29, 0.717) is 17.1 Å². The van der Waals surface area contributed by atoms with Crippen molar-refractivity contribution in [2.24, 2.45) is 0 Å². The van der Waals surface area contributed by atoms with Crippen molar-refractivity contribution in [2.45, 2.75) is 26.4 Å². The zero-order valence-corrected chi connectivity index (χ0v) is 15.6. The summed E-state index contributed by atoms with van der Waals surface area (Å²) >= 11 is 0. The number of hydrogen-bond acceptors (Lipinski definition) is 4. The molecular weight excluding hydrogens is 352 g/mol. The van der Waals surface area contributed by atoms with Gasteiger partial charge in [-0.1, -0.05) is 31.2 Å². The van der Waals surface area contributed by atoms with E-state index >= 15 is 0 Å². The van der Waals surface area contributed by atoms with E-state index in [2.05, 4.69) is 12.2 Å². The minimum Gasteiger partial charge on any atom is -0.476 e. The lowest BCUT2D eigenvalue weighted by Crippen LogP contribution is -2.49. The molecule has 0 saturated carbocycles. The number of nitrogens with one attached hydrogen (secondary N) is 1. The van der Waals surface area contributed by atoms with Crippen molar-refractivity contribution in [3.63, 3.8) is 0 Å². The lowest BCUT2D eigenvalue weighted by Gasteiger charge is -2.34. The quantitative estimate of drug-likeness (QED) is 0.873. The SMILES string of the molecule is CCc1ccc(NC(=O)C2CN(S(=O)(=O)CC)c3ccccc3O2)cc1. The van der Waals surface area contributed by atoms with E-state index in [-0.39, 0.29) is 18.2 Å². The lowest BCUT2D eigenvalue weighted by molar-refractivity contribution is -0.122. The van der Waals surface area contributed by atoms with Crippen LogP contribution in [0.3, 0.4) is 0 Å². The maximum Gasteiger partial charge on any atom is 0.267 e. The smallest absolute Gasteiger partial charge is 0.267 e. The zero-order valence-electron chi connectivity index (χ0n) is 14.8. The van der Waals surface area contributed by atoms with Gasteiger partial charge >= 0.3 is 0 Å². The first-order valence-electron chi connectivity index (χ1n) is 8.60. The number of amides is 1. The monoisotopic (exact) mass is 374 g/mol. The first kappa shape index (κ1) is 18.3. The zero-order chi connectivity index (χ0) is 18.7. The third-order valence-electron chi connectivity index (χ3n) is 4.36. The summed E-state index contributed by atoms with van der Waals surface area (Å²) in [6.07, 6.45) is -0.00213. The van der Waals surface area contributed by atoms with Gasteiger partial charge in [-0.15, -0.1) is 0 Å². The summed E-state index contributed by atoms with van der Waals surface area (Å²) in [6.45, 7) is 3.59. The van der Waals surface area contributed by atoms with Crippen LogP contribution >= 0.6 is 0 Å². The van der Waals surface area contributed by atoms with Gasteiger partial charge in [-0.2, -0.15) is 0 Å². The molecule has 0 fully saturated rings. The summed E-state index contributed by atoms with van der Waals surface area (Å²) in [6, 6.07) is 14.4. The van der Waals surface area contributed by atoms with Crippen LogP contribution in [0.4, 0.5) is 11.4 Å². The molecule has 2 aromatic carbocycles. The van der Waals surface area contributed by atoms with Gasteiger partial charge in [0, 0.05) is 5.69 Å². The third kappa shape index (κ3) is 3.67. The Kier molecular flexibility index (Phi) is 5.18. The second-order valence-corrected chi connectivity index (χ2v) is 8.23. The van der Waals surface area contributed by atoms with Crippen LogP contribution in [0.1, 0.15) is 19.4 Å². The highest BCUT2D eigenvalue weighted by Gasteiger charge is 2.35. The third-order valence-corrected chi connectivity index (χ3v) is 6.10. The van der Waals surface area contributed by atoms with Crippen molar-refractivity contribution in [1.29, 1.82) is 0 Å². The van der Waals surface area contributed by atoms with Gasteiger partial charge in [0.1, 0.15) is 5.75 Å². The fourth-order valence-corrected chi connectivity index (χ4v) is 3.93. The maximum atomic E-state index is 12.6. The van der Waals surface area contributed by atoms with Crippen molar-refractivity contribution in [1.82, 2.24) is 0 Å². The molecule has 7 heteroatoms. The number of carbonyl (C=O) groups is 1. The minimum atomic E-state index is -3.51. The Balaban J connectivity index is 1.83. The molecule has 1 atom stereocenters. The molecule has 0 bridgehead atoms. The highest BCUT2D eigenvalue weighted by atomic mass is 32.2. The molecule has 0 saturated heterocycles. The van der Waals surface area contributed by atoms with Crippen molar-refractivity contribution < 1.29 is 17.9 Å². The number of carbonyl (C=O) groups excluding carboxylic acids is 1. The van der Waals surface area contributed by atoms with E-state index in [0.717, 1.165) is 6.42 Å². The second-order valence-electron chi connectivity index (χ2n) is 6.05. The molecule has 0 spiro atoms. The number of sulfonamides is 1. The molecule has 3 rings (SSSR count). The fraction of sp³-hybridized carbons (Fsp3) is 0.316. The van der Waals surface area contributed by atoms with E-state index in [9.17, 15) is 13.2 Å². The van der Waals surface area contributed by atoms with Crippen molar-refractivity contribution in [2.75, 3.05) is 21.9 Å². The summed E-state index contributed by atoms with van der Waals surface area (Å²) in [5.74, 6) is -0.0361. The van der Waals surface area contributed by atoms with Gasteiger partial charge in [-0.25, -0.2) is 8.42 Å². The van der Waals surface area contributed by atoms with E-state index in [1.165, 1.54) is 9.87 Å². The number of aryl methyl sites for hydroxylation is 1. The molecule has 2 aromatic rings. The standard InChI is InChI=1S/C19H22N2O4S/c1-3-14-9-11-15(12-10-14)20-19(22)18-13-21(26(23,24)4-2)16-7-5-6-8-17(16)25-18/h5-12,18H,3-4,13H2,1-2H3,(H,20,22). The Morgan fingerprint density at radius 1 is 1.15 bits per heavy atom. The van der Waals surface area contributed by atoms with Gasteiger partial charge in [-0.3, -0.25) is 9.10 Å². The minimum absolute atomic E-state index is 0.0475. The number of fused-ring (bicyclic) bond motifs is 1. The normalized spacial score (nSPS) is 16.5. The van der Waals surface area contributed by atoms with Crippen LogP contribution in [-0.4, -0.2) is 32.7 Å². The molecule has 1 aliphatic rings. The molecule has 6 nitrogen and oxygen atoms in total. The van der Waals surface area contributed by atoms with Crippen molar-refractivity contribution in [3.8, 4) is 5.75 Å². The van der Waals surface area contributed by atoms with E-state index in [4.69, 9.17) is 4.74 Å². The largest absolute Gasteiger partial charge is 0.476 e. The van der Waals surface area contributed by atoms with E-state index in [1.54, 1.807) is 31.2 Å². The molecule has 1 unspecified atom stereocenters. The topological polar surface area (TPSA) is 75.7 Å². The van der Waals surface area contributed by atoms with Crippen molar-refractivity contribution >= 4 is 27.3 Å². The molecular formula is C19H22N2O4S. The lowest BCUT2D eigenvalue weighted by atomic mass is 10.1. The Morgan fingerprint density at radius 3 is 2.50 bits per heavy atom. The van der Waals surface area contributed by atoms with Gasteiger partial charge in [0.25, 0.3) is 5.91 Å². The van der Waals surface area contributed by atoms with Crippen LogP contribution in [0.5, 0.6) is 5.75 Å². The predicted octanol–water partition coefficient (Wildman–Crippen LogP) is 2.80. The molecule has 1 N–H and O–H groups in total. The summed E-state index contributed by atoms with van der Waals surface area (Å²) in [7, 11) is -3.51. The first-order valence-corrected chi connectivity index (χ1v) is 10.2. The summed E-state index contributed by atoms with van der Waals surface area (Å²) in [5.41, 5.74) is 2.29. The number of anilines is 2. The maximum absolute atomic E-state index is 12.6. The van der Waals surface area contributed by atoms with Gasteiger partial charge in [0.05, 0.1) is 18.0 Å². The van der Waals surface area contributed by atoms with E-state index < -0.39 is 16.1 Å². The molecule has 1 amide bonds. The van der Waals surface area contributed by atoms with E-state index in [1.807, 2.05) is 24.3 Å². The molecule has 1 heterocycles. The first-order chi connectivity index (χ1) is 12.4. The number of benzene rings is 2. The highest BCUT2D eigenvalue weighted by Crippen LogP contribution is 2.35. The fourth-order valence-electron chi connectivity index (χ4n) is 2.80. The number of ether oxygens (including phenoxy) is 1. The van der Waals surface area contributed by atoms with Crippen LogP contribution in [-0.2, 0) is 21.2 Å². The van der Waals surface area contributed by atoms with Gasteiger partial charge in [0.2, 0.25) is 10.0 Å².